The molecule has 0 aliphatic carbocycles. The van der Waals surface area contributed by atoms with Crippen molar-refractivity contribution >= 4 is 43.1 Å². The summed E-state index contributed by atoms with van der Waals surface area (Å²) in [6, 6.07) is 174. The van der Waals surface area contributed by atoms with Crippen molar-refractivity contribution in [2.75, 3.05) is 0 Å². The van der Waals surface area contributed by atoms with Crippen molar-refractivity contribution in [2.24, 2.45) is 0 Å². The van der Waals surface area contributed by atoms with Crippen LogP contribution in [0.15, 0.2) is 497 Å². The Labute approximate surface area is 758 Å². The summed E-state index contributed by atoms with van der Waals surface area (Å²) in [5, 5.41) is 10.7. The van der Waals surface area contributed by atoms with Crippen molar-refractivity contribution < 1.29 is 4.39 Å². The second kappa shape index (κ2) is 44.8. The van der Waals surface area contributed by atoms with E-state index in [9.17, 15) is 4.39 Å². The molecule has 0 saturated heterocycles. The Hall–Kier alpha value is -15.4. The summed E-state index contributed by atoms with van der Waals surface area (Å²) >= 11 is 0. The molecule has 0 bridgehead atoms. The highest BCUT2D eigenvalue weighted by Gasteiger charge is 2.14. The summed E-state index contributed by atoms with van der Waals surface area (Å²) in [6.45, 7) is 18.9. The molecule has 0 heterocycles. The lowest BCUT2D eigenvalue weighted by Gasteiger charge is -2.16. The van der Waals surface area contributed by atoms with E-state index in [1.807, 2.05) is 19.9 Å². The molecule has 0 spiro atoms. The first-order valence-corrected chi connectivity index (χ1v) is 44.1. The van der Waals surface area contributed by atoms with Crippen molar-refractivity contribution in [3.63, 3.8) is 0 Å². The Morgan fingerprint density at radius 2 is 0.453 bits per heavy atom. The van der Waals surface area contributed by atoms with Crippen LogP contribution in [0.1, 0.15) is 50.1 Å². The van der Waals surface area contributed by atoms with Crippen molar-refractivity contribution in [3.05, 3.63) is 553 Å². The molecular formula is C127H109F. The second-order valence-electron chi connectivity index (χ2n) is 32.5. The molecule has 0 fully saturated rings. The molecular weight excluding hydrogens is 1540 g/mol. The summed E-state index contributed by atoms with van der Waals surface area (Å²) in [5.74, 6) is -0.146. The Kier molecular flexibility index (Phi) is 31.1. The third-order valence-corrected chi connectivity index (χ3v) is 23.0. The van der Waals surface area contributed by atoms with Gasteiger partial charge in [0.15, 0.2) is 0 Å². The molecule has 0 aliphatic heterocycles. The SMILES string of the molecule is Cc1c(-c2ccccc2)cc(-c2ccccc2)cc1-c1ccccc1.Cc1c(-c2ccccc2)cccc1-c1ccccc1.Cc1cc(-c2ccccc2)cc(-c2ccccc2)c1.Cc1cc(C)cc(F)c1.Cc1cc2ccccc2c2ccccc12.Cc1ccc(-c2ccccc2)cc1-c1ccccc1.Cc1ccc2ccccc2c1.Cc1cccc2ccccc12. The van der Waals surface area contributed by atoms with Gasteiger partial charge in [-0.3, -0.25) is 0 Å². The van der Waals surface area contributed by atoms with Crippen LogP contribution < -0.4 is 0 Å². The van der Waals surface area contributed by atoms with E-state index in [0.29, 0.717) is 0 Å². The molecule has 0 N–H and O–H groups in total. The molecule has 128 heavy (non-hydrogen) atoms. The smallest absolute Gasteiger partial charge is 0.123 e. The average Bonchev–Trinajstić information content (AvgIpc) is 0.794. The minimum atomic E-state index is -0.146. The Balaban J connectivity index is 0.000000120. The van der Waals surface area contributed by atoms with Crippen molar-refractivity contribution in [1.82, 2.24) is 0 Å². The van der Waals surface area contributed by atoms with E-state index >= 15 is 0 Å². The monoisotopic (exact) mass is 1650 g/mol. The molecule has 21 rings (SSSR count). The summed E-state index contributed by atoms with van der Waals surface area (Å²) < 4.78 is 12.4. The van der Waals surface area contributed by atoms with Crippen LogP contribution in [0.5, 0.6) is 0 Å². The quantitative estimate of drug-likeness (QED) is 0.126. The van der Waals surface area contributed by atoms with Crippen LogP contribution in [-0.4, -0.2) is 0 Å². The summed E-state index contributed by atoms with van der Waals surface area (Å²) in [5.41, 5.74) is 34.2. The maximum atomic E-state index is 12.4. The van der Waals surface area contributed by atoms with Crippen LogP contribution in [0.4, 0.5) is 4.39 Å². The fourth-order valence-electron chi connectivity index (χ4n) is 16.4. The van der Waals surface area contributed by atoms with E-state index in [2.05, 4.69) is 528 Å². The Morgan fingerprint density at radius 3 is 0.898 bits per heavy atom. The molecule has 0 saturated carbocycles. The third kappa shape index (κ3) is 24.1. The van der Waals surface area contributed by atoms with Gasteiger partial charge < -0.3 is 0 Å². The first kappa shape index (κ1) is 88.9. The van der Waals surface area contributed by atoms with Gasteiger partial charge in [0, 0.05) is 0 Å². The van der Waals surface area contributed by atoms with Gasteiger partial charge in [-0.25, -0.2) is 4.39 Å². The predicted octanol–water partition coefficient (Wildman–Crippen LogP) is 36.0. The normalized spacial score (nSPS) is 10.4. The van der Waals surface area contributed by atoms with Crippen LogP contribution in [0, 0.1) is 68.1 Å². The van der Waals surface area contributed by atoms with E-state index in [-0.39, 0.29) is 5.82 Å². The summed E-state index contributed by atoms with van der Waals surface area (Å²) in [6.07, 6.45) is 0. The molecule has 0 unspecified atom stereocenters. The van der Waals surface area contributed by atoms with E-state index in [4.69, 9.17) is 0 Å². The molecule has 0 atom stereocenters. The Bertz CT molecular complexity index is 6800. The largest absolute Gasteiger partial charge is 0.207 e. The highest BCUT2D eigenvalue weighted by Crippen LogP contribution is 2.39. The van der Waals surface area contributed by atoms with Gasteiger partial charge in [0.2, 0.25) is 0 Å². The van der Waals surface area contributed by atoms with Gasteiger partial charge in [-0.15, -0.1) is 0 Å². The van der Waals surface area contributed by atoms with Gasteiger partial charge in [0.25, 0.3) is 0 Å². The van der Waals surface area contributed by atoms with Gasteiger partial charge in [-0.2, -0.15) is 0 Å². The number of aryl methyl sites for hydroxylation is 7. The molecule has 624 valence electrons. The van der Waals surface area contributed by atoms with Crippen LogP contribution >= 0.6 is 0 Å². The zero-order chi connectivity index (χ0) is 88.8. The number of halogens is 1. The average molecular weight is 1650 g/mol. The lowest BCUT2D eigenvalue weighted by molar-refractivity contribution is 0.625. The summed E-state index contributed by atoms with van der Waals surface area (Å²) in [4.78, 5) is 0. The first-order valence-electron chi connectivity index (χ1n) is 44.1. The first-order chi connectivity index (χ1) is 62.6. The standard InChI is InChI=1S/C25H20.3C19H16.C15H12.2C11H10.C8H9F/c1-19-24(21-13-7-3-8-14-21)17-23(20-11-5-2-6-12-20)18-25(19)22-15-9-4-10-16-22;1-15-18(16-9-4-2-5-10-16)13-8-14-19(15)17-11-6-3-7-12-17;1-15-12-18(16-8-4-2-5-9-16)14-19(13-15)17-10-6-3-7-11-17;1-15-12-13-18(16-8-4-2-5-9-16)14-19(15)17-10-6-3-7-11-17;1-11-10-12-6-2-3-8-14(12)15-9-5-4-7-13(11)15;1-9-5-4-7-10-6-2-3-8-11(9)10;1-9-6-7-10-4-2-3-5-11(10)8-9;1-6-3-7(2)5-8(9)4-6/h2-18H,1H3;3*2-14H,1H3;2-10H,1H3;2*2-8H,1H3;3-5H,1-2H3. The van der Waals surface area contributed by atoms with E-state index < -0.39 is 0 Å². The molecule has 1 heteroatoms. The van der Waals surface area contributed by atoms with Crippen molar-refractivity contribution in [1.29, 1.82) is 0 Å². The van der Waals surface area contributed by atoms with E-state index in [1.165, 1.54) is 194 Å². The van der Waals surface area contributed by atoms with Crippen LogP contribution in [0.25, 0.3) is 143 Å². The van der Waals surface area contributed by atoms with Crippen LogP contribution in [0.2, 0.25) is 0 Å². The van der Waals surface area contributed by atoms with Gasteiger partial charge in [0.1, 0.15) is 5.82 Å². The number of rotatable bonds is 9. The zero-order valence-corrected chi connectivity index (χ0v) is 74.7. The highest BCUT2D eigenvalue weighted by atomic mass is 19.1. The molecule has 21 aromatic rings. The predicted molar refractivity (Wildman–Crippen MR) is 553 cm³/mol. The molecule has 0 amide bonds. The fourth-order valence-corrected chi connectivity index (χ4v) is 16.4. The maximum Gasteiger partial charge on any atom is 0.123 e. The minimum absolute atomic E-state index is 0.146. The maximum absolute atomic E-state index is 12.4. The molecule has 0 nitrogen and oxygen atoms in total. The summed E-state index contributed by atoms with van der Waals surface area (Å²) in [7, 11) is 0. The lowest BCUT2D eigenvalue weighted by Crippen LogP contribution is -1.91. The van der Waals surface area contributed by atoms with E-state index in [0.717, 1.165) is 11.1 Å². The lowest BCUT2D eigenvalue weighted by atomic mass is 9.88. The molecule has 0 radical (unpaired) electrons. The van der Waals surface area contributed by atoms with Gasteiger partial charge in [0.05, 0.1) is 0 Å². The number of hydrogen-bond donors (Lipinski definition) is 0. The fraction of sp³-hybridized carbons (Fsp3) is 0.0709. The third-order valence-electron chi connectivity index (χ3n) is 23.0. The number of hydrogen-bond acceptors (Lipinski definition) is 0. The van der Waals surface area contributed by atoms with Crippen molar-refractivity contribution in [2.45, 2.75) is 62.3 Å². The van der Waals surface area contributed by atoms with Gasteiger partial charge in [-0.1, -0.05) is 467 Å². The molecule has 0 aromatic heterocycles. The van der Waals surface area contributed by atoms with Crippen LogP contribution in [-0.2, 0) is 0 Å². The topological polar surface area (TPSA) is 0 Å². The second-order valence-corrected chi connectivity index (χ2v) is 32.5. The minimum Gasteiger partial charge on any atom is -0.207 e. The highest BCUT2D eigenvalue weighted by molar-refractivity contribution is 6.09. The Morgan fingerprint density at radius 1 is 0.133 bits per heavy atom. The molecule has 21 aromatic carbocycles. The zero-order valence-electron chi connectivity index (χ0n) is 74.7. The van der Waals surface area contributed by atoms with E-state index in [1.54, 1.807) is 0 Å². The van der Waals surface area contributed by atoms with Gasteiger partial charge in [-0.05, 0) is 286 Å². The number of benzene rings is 21. The molecule has 0 aliphatic rings. The van der Waals surface area contributed by atoms with Crippen molar-refractivity contribution in [3.8, 4) is 100 Å². The van der Waals surface area contributed by atoms with Crippen LogP contribution in [0.3, 0.4) is 0 Å². The number of fused-ring (bicyclic) bond motifs is 5. The van der Waals surface area contributed by atoms with Gasteiger partial charge >= 0.3 is 0 Å².